The van der Waals surface area contributed by atoms with Gasteiger partial charge in [0, 0.05) is 12.8 Å². The maximum atomic E-state index is 11.6. The predicted molar refractivity (Wildman–Crippen MR) is 70.9 cm³/mol. The summed E-state index contributed by atoms with van der Waals surface area (Å²) in [6.45, 7) is 2.77. The summed E-state index contributed by atoms with van der Waals surface area (Å²) in [5, 5.41) is 0. The Morgan fingerprint density at radius 2 is 2.37 bits per heavy atom. The second kappa shape index (κ2) is 6.40. The number of ether oxygens (including phenoxy) is 1. The molecule has 1 aliphatic rings. The van der Waals surface area contributed by atoms with Crippen molar-refractivity contribution in [1.29, 1.82) is 0 Å². The highest BCUT2D eigenvalue weighted by atomic mass is 32.2. The molecule has 0 amide bonds. The first-order chi connectivity index (χ1) is 9.11. The van der Waals surface area contributed by atoms with Gasteiger partial charge in [-0.1, -0.05) is 6.92 Å². The molecule has 0 unspecified atom stereocenters. The molecule has 0 aliphatic carbocycles. The van der Waals surface area contributed by atoms with Crippen LogP contribution in [0.2, 0.25) is 0 Å². The third kappa shape index (κ3) is 4.22. The Morgan fingerprint density at radius 3 is 3.05 bits per heavy atom. The maximum absolute atomic E-state index is 11.6. The number of nitrogens with zero attached hydrogens (tertiary/aromatic N) is 2. The molecule has 1 saturated heterocycles. The molecule has 0 aromatic carbocycles. The molecule has 1 atom stereocenters. The fraction of sp³-hybridized carbons (Fsp3) is 0.667. The van der Waals surface area contributed by atoms with Crippen LogP contribution in [0.3, 0.4) is 0 Å². The van der Waals surface area contributed by atoms with Gasteiger partial charge in [-0.05, 0) is 25.3 Å². The van der Waals surface area contributed by atoms with Crippen molar-refractivity contribution in [2.45, 2.75) is 38.8 Å². The van der Waals surface area contributed by atoms with Crippen LogP contribution in [0.25, 0.3) is 0 Å². The quantitative estimate of drug-likeness (QED) is 0.848. The molecule has 1 fully saturated rings. The normalized spacial score (nSPS) is 19.7. The smallest absolute Gasteiger partial charge is 0.211 e. The summed E-state index contributed by atoms with van der Waals surface area (Å²) in [7, 11) is -3.20. The molecule has 0 saturated carbocycles. The van der Waals surface area contributed by atoms with Crippen molar-refractivity contribution < 1.29 is 13.2 Å². The molecular formula is C12H19N3O3S. The first-order valence-corrected chi connectivity index (χ1v) is 8.16. The van der Waals surface area contributed by atoms with Crippen molar-refractivity contribution in [3.63, 3.8) is 0 Å². The minimum Gasteiger partial charge on any atom is -0.370 e. The average molecular weight is 285 g/mol. The standard InChI is InChI=1S/C12H19N3O3S/c1-2-8-19(16,17)14-9-10-5-6-13-12(15-10)11-4-3-7-18-11/h5-6,11,14H,2-4,7-9H2,1H3/t11-/m0/s1. The second-order valence-electron chi connectivity index (χ2n) is 4.55. The molecule has 2 rings (SSSR count). The van der Waals surface area contributed by atoms with Gasteiger partial charge in [-0.2, -0.15) is 0 Å². The Hall–Kier alpha value is -1.05. The average Bonchev–Trinajstić information content (AvgIpc) is 2.91. The van der Waals surface area contributed by atoms with E-state index in [0.29, 0.717) is 17.9 Å². The van der Waals surface area contributed by atoms with Crippen LogP contribution in [-0.2, 0) is 21.3 Å². The third-order valence-corrected chi connectivity index (χ3v) is 4.43. The van der Waals surface area contributed by atoms with Crippen molar-refractivity contribution in [3.8, 4) is 0 Å². The molecule has 7 heteroatoms. The lowest BCUT2D eigenvalue weighted by Crippen LogP contribution is -2.26. The van der Waals surface area contributed by atoms with Crippen molar-refractivity contribution >= 4 is 10.0 Å². The van der Waals surface area contributed by atoms with E-state index in [1.54, 1.807) is 12.3 Å². The van der Waals surface area contributed by atoms with Gasteiger partial charge < -0.3 is 4.74 Å². The van der Waals surface area contributed by atoms with Gasteiger partial charge >= 0.3 is 0 Å². The third-order valence-electron chi connectivity index (χ3n) is 2.90. The molecule has 6 nitrogen and oxygen atoms in total. The van der Waals surface area contributed by atoms with E-state index in [9.17, 15) is 8.42 Å². The Balaban J connectivity index is 1.99. The summed E-state index contributed by atoms with van der Waals surface area (Å²) in [5.74, 6) is 0.779. The molecule has 1 aromatic rings. The van der Waals surface area contributed by atoms with Crippen molar-refractivity contribution in [3.05, 3.63) is 23.8 Å². The molecular weight excluding hydrogens is 266 g/mol. The summed E-state index contributed by atoms with van der Waals surface area (Å²) in [5.41, 5.74) is 0.667. The fourth-order valence-electron chi connectivity index (χ4n) is 1.97. The van der Waals surface area contributed by atoms with Crippen LogP contribution >= 0.6 is 0 Å². The molecule has 106 valence electrons. The monoisotopic (exact) mass is 285 g/mol. The van der Waals surface area contributed by atoms with Crippen LogP contribution < -0.4 is 4.72 Å². The first kappa shape index (κ1) is 14.4. The number of hydrogen-bond acceptors (Lipinski definition) is 5. The molecule has 19 heavy (non-hydrogen) atoms. The molecule has 1 aromatic heterocycles. The summed E-state index contributed by atoms with van der Waals surface area (Å²) in [4.78, 5) is 8.54. The van der Waals surface area contributed by atoms with E-state index in [4.69, 9.17) is 4.74 Å². The lowest BCUT2D eigenvalue weighted by atomic mass is 10.2. The van der Waals surface area contributed by atoms with Crippen LogP contribution in [0.1, 0.15) is 43.8 Å². The van der Waals surface area contributed by atoms with Crippen LogP contribution in [0.15, 0.2) is 12.3 Å². The zero-order chi connectivity index (χ0) is 13.7. The van der Waals surface area contributed by atoms with Crippen LogP contribution in [0.5, 0.6) is 0 Å². The summed E-state index contributed by atoms with van der Waals surface area (Å²) in [6.07, 6.45) is 4.13. The van der Waals surface area contributed by atoms with Gasteiger partial charge in [-0.25, -0.2) is 23.1 Å². The summed E-state index contributed by atoms with van der Waals surface area (Å²) in [6, 6.07) is 1.72. The van der Waals surface area contributed by atoms with Gasteiger partial charge in [0.05, 0.1) is 18.0 Å². The summed E-state index contributed by atoms with van der Waals surface area (Å²) < 4.78 is 31.2. The van der Waals surface area contributed by atoms with E-state index < -0.39 is 10.0 Å². The fourth-order valence-corrected chi connectivity index (χ4v) is 3.02. The molecule has 1 N–H and O–H groups in total. The number of nitrogens with one attached hydrogen (secondary N) is 1. The van der Waals surface area contributed by atoms with Gasteiger partial charge in [0.15, 0.2) is 5.82 Å². The molecule has 0 spiro atoms. The predicted octanol–water partition coefficient (Wildman–Crippen LogP) is 1.16. The maximum Gasteiger partial charge on any atom is 0.211 e. The zero-order valence-corrected chi connectivity index (χ0v) is 11.8. The first-order valence-electron chi connectivity index (χ1n) is 6.51. The van der Waals surface area contributed by atoms with Gasteiger partial charge in [0.25, 0.3) is 0 Å². The molecule has 0 bridgehead atoms. The largest absolute Gasteiger partial charge is 0.370 e. The number of hydrogen-bond donors (Lipinski definition) is 1. The van der Waals surface area contributed by atoms with E-state index in [2.05, 4.69) is 14.7 Å². The van der Waals surface area contributed by atoms with E-state index in [1.807, 2.05) is 6.92 Å². The highest BCUT2D eigenvalue weighted by Gasteiger charge is 2.20. The SMILES string of the molecule is CCCS(=O)(=O)NCc1ccnc([C@@H]2CCCO2)n1. The van der Waals surface area contributed by atoms with Gasteiger partial charge in [-0.3, -0.25) is 0 Å². The van der Waals surface area contributed by atoms with Crippen molar-refractivity contribution in [2.24, 2.45) is 0 Å². The Morgan fingerprint density at radius 1 is 1.53 bits per heavy atom. The minimum absolute atomic E-state index is 0.0489. The van der Waals surface area contributed by atoms with E-state index in [1.165, 1.54) is 0 Å². The molecule has 2 heterocycles. The number of aromatic nitrogens is 2. The number of sulfonamides is 1. The lowest BCUT2D eigenvalue weighted by Gasteiger charge is -2.09. The zero-order valence-electron chi connectivity index (χ0n) is 11.0. The van der Waals surface area contributed by atoms with Gasteiger partial charge in [0.2, 0.25) is 10.0 Å². The molecule has 0 radical (unpaired) electrons. The Bertz CT molecular complexity index is 513. The van der Waals surface area contributed by atoms with Gasteiger partial charge in [-0.15, -0.1) is 0 Å². The molecule has 1 aliphatic heterocycles. The van der Waals surface area contributed by atoms with Gasteiger partial charge in [0.1, 0.15) is 6.10 Å². The second-order valence-corrected chi connectivity index (χ2v) is 6.47. The van der Waals surface area contributed by atoms with Crippen LogP contribution in [-0.4, -0.2) is 30.7 Å². The topological polar surface area (TPSA) is 81.2 Å². The van der Waals surface area contributed by atoms with Crippen molar-refractivity contribution in [1.82, 2.24) is 14.7 Å². The number of rotatable bonds is 6. The highest BCUT2D eigenvalue weighted by molar-refractivity contribution is 7.89. The Labute approximate surface area is 113 Å². The van der Waals surface area contributed by atoms with E-state index >= 15 is 0 Å². The van der Waals surface area contributed by atoms with Crippen molar-refractivity contribution in [2.75, 3.05) is 12.4 Å². The lowest BCUT2D eigenvalue weighted by molar-refractivity contribution is 0.105. The summed E-state index contributed by atoms with van der Waals surface area (Å²) >= 11 is 0. The minimum atomic E-state index is -3.20. The van der Waals surface area contributed by atoms with Crippen LogP contribution in [0.4, 0.5) is 0 Å². The van der Waals surface area contributed by atoms with Crippen LogP contribution in [0, 0.1) is 0 Å². The van der Waals surface area contributed by atoms with E-state index in [-0.39, 0.29) is 18.4 Å². The Kier molecular flexibility index (Phi) is 4.84. The highest BCUT2D eigenvalue weighted by Crippen LogP contribution is 2.25. The van der Waals surface area contributed by atoms with E-state index in [0.717, 1.165) is 19.4 Å².